The minimum Gasteiger partial charge on any atom is -0.422 e. The number of esters is 1. The van der Waals surface area contributed by atoms with Crippen LogP contribution in [-0.2, 0) is 0 Å². The molecule has 0 saturated heterocycles. The van der Waals surface area contributed by atoms with Crippen LogP contribution in [0.4, 0.5) is 0 Å². The van der Waals surface area contributed by atoms with E-state index in [1.807, 2.05) is 54.6 Å². The first-order chi connectivity index (χ1) is 16.6. The Morgan fingerprint density at radius 3 is 2.68 bits per heavy atom. The number of ether oxygens (including phenoxy) is 1. The third kappa shape index (κ3) is 4.52. The number of carbonyl (C=O) groups excluding carboxylic acids is 2. The van der Waals surface area contributed by atoms with Gasteiger partial charge in [-0.15, -0.1) is 11.3 Å². The number of pyridine rings is 1. The molecule has 0 aliphatic carbocycles. The molecule has 0 bridgehead atoms. The number of para-hydroxylation sites is 1. The van der Waals surface area contributed by atoms with Crippen LogP contribution in [0.3, 0.4) is 0 Å². The molecule has 5 rings (SSSR count). The molecule has 166 valence electrons. The van der Waals surface area contributed by atoms with Gasteiger partial charge in [0.1, 0.15) is 16.3 Å². The number of fused-ring (bicyclic) bond motifs is 2. The number of thiophene rings is 1. The number of rotatable bonds is 5. The van der Waals surface area contributed by atoms with Crippen LogP contribution >= 0.6 is 22.9 Å². The van der Waals surface area contributed by atoms with Gasteiger partial charge < -0.3 is 4.74 Å². The lowest BCUT2D eigenvalue weighted by atomic mass is 10.2. The van der Waals surface area contributed by atoms with Crippen LogP contribution in [0.2, 0.25) is 5.02 Å². The van der Waals surface area contributed by atoms with Crippen LogP contribution < -0.4 is 10.2 Å². The van der Waals surface area contributed by atoms with Crippen LogP contribution in [0.15, 0.2) is 90.0 Å². The summed E-state index contributed by atoms with van der Waals surface area (Å²) in [5.74, 6) is -0.620. The van der Waals surface area contributed by atoms with Crippen molar-refractivity contribution in [3.8, 4) is 5.75 Å². The highest BCUT2D eigenvalue weighted by atomic mass is 35.5. The summed E-state index contributed by atoms with van der Waals surface area (Å²) < 4.78 is 6.43. The smallest absolute Gasteiger partial charge is 0.355 e. The molecular formula is C26H16ClN3O3S. The SMILES string of the molecule is O=C(N/N=C/c1cccc(OC(=O)c2sc3ccccc3c2Cl)c1)c1ccc2ccccc2n1. The van der Waals surface area contributed by atoms with Crippen LogP contribution in [0.25, 0.3) is 21.0 Å². The van der Waals surface area contributed by atoms with Gasteiger partial charge in [-0.2, -0.15) is 5.10 Å². The van der Waals surface area contributed by atoms with E-state index in [0.29, 0.717) is 21.2 Å². The van der Waals surface area contributed by atoms with Crippen molar-refractivity contribution in [1.82, 2.24) is 10.4 Å². The number of carbonyl (C=O) groups is 2. The van der Waals surface area contributed by atoms with Crippen molar-refractivity contribution in [3.63, 3.8) is 0 Å². The van der Waals surface area contributed by atoms with Crippen LogP contribution in [0, 0.1) is 0 Å². The Hall–Kier alpha value is -4.07. The Kier molecular flexibility index (Phi) is 6.03. The second kappa shape index (κ2) is 9.43. The Labute approximate surface area is 203 Å². The first-order valence-corrected chi connectivity index (χ1v) is 11.5. The van der Waals surface area contributed by atoms with E-state index in [9.17, 15) is 9.59 Å². The van der Waals surface area contributed by atoms with Crippen molar-refractivity contribution in [3.05, 3.63) is 106 Å². The Morgan fingerprint density at radius 2 is 1.79 bits per heavy atom. The monoisotopic (exact) mass is 485 g/mol. The van der Waals surface area contributed by atoms with E-state index in [4.69, 9.17) is 16.3 Å². The average Bonchev–Trinajstić information content (AvgIpc) is 3.20. The van der Waals surface area contributed by atoms with Crippen LogP contribution in [0.5, 0.6) is 5.75 Å². The molecule has 2 aromatic heterocycles. The Balaban J connectivity index is 1.26. The summed E-state index contributed by atoms with van der Waals surface area (Å²) in [6.07, 6.45) is 1.46. The second-order valence-corrected chi connectivity index (χ2v) is 8.72. The highest BCUT2D eigenvalue weighted by molar-refractivity contribution is 7.21. The summed E-state index contributed by atoms with van der Waals surface area (Å²) in [6.45, 7) is 0. The zero-order valence-electron chi connectivity index (χ0n) is 17.6. The molecule has 5 aromatic rings. The fourth-order valence-corrected chi connectivity index (χ4v) is 4.76. The lowest BCUT2D eigenvalue weighted by molar-refractivity contribution is 0.0740. The average molecular weight is 486 g/mol. The van der Waals surface area contributed by atoms with E-state index in [2.05, 4.69) is 15.5 Å². The summed E-state index contributed by atoms with van der Waals surface area (Å²) in [6, 6.07) is 25.4. The standard InChI is InChI=1S/C26H16ClN3O3S/c27-23-19-9-2-4-11-22(19)34-24(23)26(32)33-18-8-5-6-16(14-18)15-28-30-25(31)21-13-12-17-7-1-3-10-20(17)29-21/h1-15H,(H,30,31)/b28-15+. The molecule has 6 nitrogen and oxygen atoms in total. The maximum absolute atomic E-state index is 12.7. The summed E-state index contributed by atoms with van der Waals surface area (Å²) in [4.78, 5) is 29.8. The van der Waals surface area contributed by atoms with E-state index in [0.717, 1.165) is 21.0 Å². The van der Waals surface area contributed by atoms with Gasteiger partial charge in [0.2, 0.25) is 0 Å². The summed E-state index contributed by atoms with van der Waals surface area (Å²) in [5.41, 5.74) is 4.10. The lowest BCUT2D eigenvalue weighted by Gasteiger charge is -2.04. The molecule has 0 unspecified atom stereocenters. The molecule has 34 heavy (non-hydrogen) atoms. The fraction of sp³-hybridized carbons (Fsp3) is 0. The van der Waals surface area contributed by atoms with Gasteiger partial charge in [0.05, 0.1) is 16.8 Å². The molecule has 3 aromatic carbocycles. The highest BCUT2D eigenvalue weighted by Gasteiger charge is 2.19. The molecule has 0 aliphatic heterocycles. The first-order valence-electron chi connectivity index (χ1n) is 10.3. The molecule has 2 heterocycles. The molecule has 0 saturated carbocycles. The van der Waals surface area contributed by atoms with Gasteiger partial charge in [0.15, 0.2) is 0 Å². The van der Waals surface area contributed by atoms with E-state index in [-0.39, 0.29) is 5.69 Å². The summed E-state index contributed by atoms with van der Waals surface area (Å²) in [7, 11) is 0. The molecule has 0 aliphatic rings. The number of benzene rings is 3. The highest BCUT2D eigenvalue weighted by Crippen LogP contribution is 2.35. The molecular weight excluding hydrogens is 470 g/mol. The normalized spacial score (nSPS) is 11.2. The predicted octanol–water partition coefficient (Wildman–Crippen LogP) is 6.09. The number of halogens is 1. The number of nitrogens with one attached hydrogen (secondary N) is 1. The number of hydrogen-bond donors (Lipinski definition) is 1. The van der Waals surface area contributed by atoms with E-state index >= 15 is 0 Å². The van der Waals surface area contributed by atoms with Crippen molar-refractivity contribution >= 4 is 62.0 Å². The molecule has 1 N–H and O–H groups in total. The van der Waals surface area contributed by atoms with Crippen molar-refractivity contribution < 1.29 is 14.3 Å². The van der Waals surface area contributed by atoms with Gasteiger partial charge in [-0.1, -0.05) is 66.2 Å². The zero-order chi connectivity index (χ0) is 23.5. The molecule has 0 spiro atoms. The van der Waals surface area contributed by atoms with Crippen molar-refractivity contribution in [1.29, 1.82) is 0 Å². The van der Waals surface area contributed by atoms with Gasteiger partial charge in [-0.05, 0) is 35.9 Å². The minimum atomic E-state index is -0.532. The lowest BCUT2D eigenvalue weighted by Crippen LogP contribution is -2.18. The Morgan fingerprint density at radius 1 is 0.971 bits per heavy atom. The third-order valence-electron chi connectivity index (χ3n) is 5.00. The number of hydrogen-bond acceptors (Lipinski definition) is 6. The van der Waals surface area contributed by atoms with Gasteiger partial charge in [-0.25, -0.2) is 15.2 Å². The van der Waals surface area contributed by atoms with Crippen molar-refractivity contribution in [2.75, 3.05) is 0 Å². The number of amides is 1. The maximum Gasteiger partial charge on any atom is 0.355 e. The predicted molar refractivity (Wildman–Crippen MR) is 135 cm³/mol. The van der Waals surface area contributed by atoms with Gasteiger partial charge >= 0.3 is 5.97 Å². The summed E-state index contributed by atoms with van der Waals surface area (Å²) >= 11 is 7.66. The Bertz CT molecular complexity index is 1580. The molecule has 0 fully saturated rings. The largest absolute Gasteiger partial charge is 0.422 e. The van der Waals surface area contributed by atoms with Crippen LogP contribution in [0.1, 0.15) is 25.7 Å². The molecule has 0 atom stereocenters. The molecule has 1 amide bonds. The zero-order valence-corrected chi connectivity index (χ0v) is 19.1. The van der Waals surface area contributed by atoms with Gasteiger partial charge in [0, 0.05) is 15.5 Å². The van der Waals surface area contributed by atoms with Crippen LogP contribution in [-0.4, -0.2) is 23.1 Å². The van der Waals surface area contributed by atoms with E-state index in [1.165, 1.54) is 17.6 Å². The molecule has 0 radical (unpaired) electrons. The van der Waals surface area contributed by atoms with Crippen molar-refractivity contribution in [2.45, 2.75) is 0 Å². The topological polar surface area (TPSA) is 80.6 Å². The van der Waals surface area contributed by atoms with Gasteiger partial charge in [-0.3, -0.25) is 4.79 Å². The second-order valence-electron chi connectivity index (χ2n) is 7.29. The molecule has 8 heteroatoms. The number of aromatic nitrogens is 1. The number of hydrazone groups is 1. The van der Waals surface area contributed by atoms with Gasteiger partial charge in [0.25, 0.3) is 5.91 Å². The minimum absolute atomic E-state index is 0.263. The first kappa shape index (κ1) is 21.8. The van der Waals surface area contributed by atoms with Crippen molar-refractivity contribution in [2.24, 2.45) is 5.10 Å². The fourth-order valence-electron chi connectivity index (χ4n) is 3.37. The maximum atomic E-state index is 12.7. The summed E-state index contributed by atoms with van der Waals surface area (Å²) in [5, 5.41) is 6.15. The third-order valence-corrected chi connectivity index (χ3v) is 6.66. The number of nitrogens with zero attached hydrogens (tertiary/aromatic N) is 2. The van der Waals surface area contributed by atoms with E-state index < -0.39 is 11.9 Å². The quantitative estimate of drug-likeness (QED) is 0.141. The van der Waals surface area contributed by atoms with E-state index in [1.54, 1.807) is 30.3 Å².